The Bertz CT molecular complexity index is 1070. The number of hydrogen-bond donors (Lipinski definition) is 1. The van der Waals surface area contributed by atoms with E-state index in [4.69, 9.17) is 11.6 Å². The van der Waals surface area contributed by atoms with E-state index in [-0.39, 0.29) is 22.2 Å². The van der Waals surface area contributed by atoms with E-state index >= 15 is 0 Å². The fraction of sp³-hybridized carbons (Fsp3) is 0.111. The van der Waals surface area contributed by atoms with Gasteiger partial charge in [-0.2, -0.15) is 13.2 Å². The lowest BCUT2D eigenvalue weighted by atomic mass is 10.1. The predicted molar refractivity (Wildman–Crippen MR) is 92.6 cm³/mol. The number of benzene rings is 2. The lowest BCUT2D eigenvalue weighted by Gasteiger charge is -2.11. The van der Waals surface area contributed by atoms with E-state index in [1.54, 1.807) is 0 Å². The number of carbonyl (C=O) groups excluding carboxylic acids is 2. The lowest BCUT2D eigenvalue weighted by Crippen LogP contribution is -2.13. The Balaban J connectivity index is 2.02. The fourth-order valence-electron chi connectivity index (χ4n) is 2.66. The maximum Gasteiger partial charge on any atom is 0.417 e. The quantitative estimate of drug-likeness (QED) is 0.590. The molecule has 0 aliphatic heterocycles. The average Bonchev–Trinajstić information content (AvgIpc) is 2.94. The Labute approximate surface area is 155 Å². The molecule has 9 heteroatoms. The van der Waals surface area contributed by atoms with Crippen LogP contribution in [0.15, 0.2) is 42.6 Å². The summed E-state index contributed by atoms with van der Waals surface area (Å²) in [6, 6.07) is 6.49. The molecule has 0 aliphatic carbocycles. The number of nitrogens with one attached hydrogen (secondary N) is 1. The predicted octanol–water partition coefficient (Wildman–Crippen LogP) is 5.37. The monoisotopic (exact) mass is 398 g/mol. The largest absolute Gasteiger partial charge is 0.417 e. The van der Waals surface area contributed by atoms with Crippen molar-refractivity contribution in [1.29, 1.82) is 0 Å². The van der Waals surface area contributed by atoms with Gasteiger partial charge in [0.1, 0.15) is 5.82 Å². The molecule has 0 fully saturated rings. The topological polar surface area (TPSA) is 51.1 Å². The second-order valence-electron chi connectivity index (χ2n) is 5.74. The van der Waals surface area contributed by atoms with Crippen molar-refractivity contribution in [2.24, 2.45) is 0 Å². The van der Waals surface area contributed by atoms with E-state index in [9.17, 15) is 27.2 Å². The van der Waals surface area contributed by atoms with Gasteiger partial charge in [-0.15, -0.1) is 0 Å². The van der Waals surface area contributed by atoms with Gasteiger partial charge in [0.2, 0.25) is 5.91 Å². The molecule has 0 unspecified atom stereocenters. The minimum atomic E-state index is -4.68. The van der Waals surface area contributed by atoms with Crippen LogP contribution in [0.25, 0.3) is 10.9 Å². The first-order chi connectivity index (χ1) is 12.6. The Kier molecular flexibility index (Phi) is 4.69. The molecule has 0 radical (unpaired) electrons. The second kappa shape index (κ2) is 6.70. The third-order valence-electron chi connectivity index (χ3n) is 3.88. The van der Waals surface area contributed by atoms with Crippen LogP contribution in [0.2, 0.25) is 5.02 Å². The molecule has 3 rings (SSSR count). The Hall–Kier alpha value is -2.87. The maximum absolute atomic E-state index is 13.5. The summed E-state index contributed by atoms with van der Waals surface area (Å²) in [6.45, 7) is 1.24. The van der Waals surface area contributed by atoms with Gasteiger partial charge < -0.3 is 5.32 Å². The van der Waals surface area contributed by atoms with Crippen molar-refractivity contribution < 1.29 is 27.2 Å². The number of anilines is 1. The molecule has 0 atom stereocenters. The van der Waals surface area contributed by atoms with Crippen LogP contribution in [0.3, 0.4) is 0 Å². The van der Waals surface area contributed by atoms with Gasteiger partial charge in [-0.05, 0) is 36.4 Å². The summed E-state index contributed by atoms with van der Waals surface area (Å²) >= 11 is 5.56. The van der Waals surface area contributed by atoms with Crippen LogP contribution in [0.4, 0.5) is 23.2 Å². The number of carbonyl (C=O) groups is 2. The molecule has 3 aromatic rings. The van der Waals surface area contributed by atoms with Gasteiger partial charge >= 0.3 is 6.18 Å². The lowest BCUT2D eigenvalue weighted by molar-refractivity contribution is -0.137. The van der Waals surface area contributed by atoms with E-state index in [0.29, 0.717) is 6.07 Å². The van der Waals surface area contributed by atoms with E-state index in [2.05, 4.69) is 5.32 Å². The highest BCUT2D eigenvalue weighted by Crippen LogP contribution is 2.36. The number of amides is 1. The third kappa shape index (κ3) is 3.66. The number of nitrogens with zero attached hydrogens (tertiary/aromatic N) is 1. The van der Waals surface area contributed by atoms with Crippen molar-refractivity contribution in [3.63, 3.8) is 0 Å². The molecule has 1 amide bonds. The molecule has 1 heterocycles. The van der Waals surface area contributed by atoms with E-state index in [1.165, 1.54) is 25.3 Å². The molecule has 27 heavy (non-hydrogen) atoms. The average molecular weight is 399 g/mol. The number of halogens is 5. The summed E-state index contributed by atoms with van der Waals surface area (Å²) in [4.78, 5) is 24.3. The molecule has 0 spiro atoms. The standard InChI is InChI=1S/C18H11ClF4N2O2/c1-9(26)25-8-13(12-4-2-10(20)6-16(12)25)17(27)24-11-3-5-15(19)14(7-11)18(21,22)23/h2-8H,1H3,(H,24,27). The molecule has 140 valence electrons. The summed E-state index contributed by atoms with van der Waals surface area (Å²) in [5.41, 5.74) is -1.01. The van der Waals surface area contributed by atoms with Crippen LogP contribution in [0.5, 0.6) is 0 Å². The summed E-state index contributed by atoms with van der Waals surface area (Å²) < 4.78 is 53.4. The number of fused-ring (bicyclic) bond motifs is 1. The molecule has 1 N–H and O–H groups in total. The van der Waals surface area contributed by atoms with Crippen LogP contribution in [-0.4, -0.2) is 16.4 Å². The van der Waals surface area contributed by atoms with Crippen molar-refractivity contribution in [3.8, 4) is 0 Å². The van der Waals surface area contributed by atoms with Crippen LogP contribution in [-0.2, 0) is 6.18 Å². The van der Waals surface area contributed by atoms with Crippen molar-refractivity contribution in [1.82, 2.24) is 4.57 Å². The SMILES string of the molecule is CC(=O)n1cc(C(=O)Nc2ccc(Cl)c(C(F)(F)F)c2)c2ccc(F)cc21. The Morgan fingerprint density at radius 2 is 1.81 bits per heavy atom. The van der Waals surface area contributed by atoms with Gasteiger partial charge in [-0.1, -0.05) is 11.6 Å². The van der Waals surface area contributed by atoms with E-state index in [0.717, 1.165) is 22.8 Å². The highest BCUT2D eigenvalue weighted by molar-refractivity contribution is 6.31. The van der Waals surface area contributed by atoms with Crippen LogP contribution in [0, 0.1) is 5.82 Å². The fourth-order valence-corrected chi connectivity index (χ4v) is 2.88. The van der Waals surface area contributed by atoms with Gasteiger partial charge in [0.25, 0.3) is 5.91 Å². The third-order valence-corrected chi connectivity index (χ3v) is 4.21. The van der Waals surface area contributed by atoms with Crippen LogP contribution < -0.4 is 5.32 Å². The smallest absolute Gasteiger partial charge is 0.322 e. The first-order valence-electron chi connectivity index (χ1n) is 7.57. The van der Waals surface area contributed by atoms with E-state index < -0.39 is 34.4 Å². The normalized spacial score (nSPS) is 11.6. The highest BCUT2D eigenvalue weighted by Gasteiger charge is 2.33. The van der Waals surface area contributed by atoms with Gasteiger partial charge in [0, 0.05) is 24.2 Å². The first kappa shape index (κ1) is 18.9. The molecule has 1 aromatic heterocycles. The summed E-state index contributed by atoms with van der Waals surface area (Å²) in [7, 11) is 0. The van der Waals surface area contributed by atoms with Crippen molar-refractivity contribution in [2.75, 3.05) is 5.32 Å². The minimum absolute atomic E-state index is 0.0173. The highest BCUT2D eigenvalue weighted by atomic mass is 35.5. The summed E-state index contributed by atoms with van der Waals surface area (Å²) in [5.74, 6) is -1.79. The number of hydrogen-bond acceptors (Lipinski definition) is 2. The van der Waals surface area contributed by atoms with E-state index in [1.807, 2.05) is 0 Å². The maximum atomic E-state index is 13.5. The number of alkyl halides is 3. The number of aromatic nitrogens is 1. The van der Waals surface area contributed by atoms with Crippen molar-refractivity contribution >= 4 is 40.0 Å². The molecular formula is C18H11ClF4N2O2. The van der Waals surface area contributed by atoms with Gasteiger partial charge in [0.05, 0.1) is 21.7 Å². The number of rotatable bonds is 2. The Morgan fingerprint density at radius 3 is 2.44 bits per heavy atom. The second-order valence-corrected chi connectivity index (χ2v) is 6.15. The molecule has 0 saturated carbocycles. The molecule has 4 nitrogen and oxygen atoms in total. The first-order valence-corrected chi connectivity index (χ1v) is 7.95. The zero-order chi connectivity index (χ0) is 19.9. The summed E-state index contributed by atoms with van der Waals surface area (Å²) in [6.07, 6.45) is -3.47. The Morgan fingerprint density at radius 1 is 1.11 bits per heavy atom. The zero-order valence-corrected chi connectivity index (χ0v) is 14.5. The summed E-state index contributed by atoms with van der Waals surface area (Å²) in [5, 5.41) is 2.13. The van der Waals surface area contributed by atoms with Crippen molar-refractivity contribution in [2.45, 2.75) is 13.1 Å². The molecule has 0 bridgehead atoms. The van der Waals surface area contributed by atoms with Gasteiger partial charge in [-0.25, -0.2) is 4.39 Å². The zero-order valence-electron chi connectivity index (χ0n) is 13.7. The minimum Gasteiger partial charge on any atom is -0.322 e. The van der Waals surface area contributed by atoms with Gasteiger partial charge in [0.15, 0.2) is 0 Å². The molecular weight excluding hydrogens is 388 g/mol. The molecule has 0 saturated heterocycles. The molecule has 2 aromatic carbocycles. The molecule has 0 aliphatic rings. The van der Waals surface area contributed by atoms with Crippen LogP contribution >= 0.6 is 11.6 Å². The van der Waals surface area contributed by atoms with Gasteiger partial charge in [-0.3, -0.25) is 14.2 Å². The van der Waals surface area contributed by atoms with Crippen LogP contribution in [0.1, 0.15) is 27.6 Å². The van der Waals surface area contributed by atoms with Crippen molar-refractivity contribution in [3.05, 3.63) is 64.6 Å².